The van der Waals surface area contributed by atoms with Gasteiger partial charge >= 0.3 is 0 Å². The van der Waals surface area contributed by atoms with Gasteiger partial charge in [0.2, 0.25) is 5.82 Å². The molecular weight excluding hydrogens is 324 g/mol. The van der Waals surface area contributed by atoms with Crippen molar-refractivity contribution < 1.29 is 4.79 Å². The van der Waals surface area contributed by atoms with Gasteiger partial charge < -0.3 is 10.2 Å². The van der Waals surface area contributed by atoms with Gasteiger partial charge in [-0.1, -0.05) is 0 Å². The number of nitrogens with one attached hydrogen (secondary N) is 1. The quantitative estimate of drug-likeness (QED) is 0.693. The molecule has 0 bridgehead atoms. The predicted octanol–water partition coefficient (Wildman–Crippen LogP) is 2.08. The predicted molar refractivity (Wildman–Crippen MR) is 95.7 cm³/mol. The van der Waals surface area contributed by atoms with Crippen LogP contribution in [0.5, 0.6) is 0 Å². The second-order valence-corrected chi connectivity index (χ2v) is 6.78. The topological polar surface area (TPSA) is 75.9 Å². The molecule has 1 N–H and O–H groups in total. The molecule has 0 spiro atoms. The van der Waals surface area contributed by atoms with Gasteiger partial charge in [-0.15, -0.1) is 11.3 Å². The molecule has 0 aromatic carbocycles. The van der Waals surface area contributed by atoms with Crippen LogP contribution in [0.15, 0.2) is 23.8 Å². The molecule has 0 unspecified atom stereocenters. The number of amides is 1. The minimum absolute atomic E-state index is 0.211. The zero-order valence-corrected chi connectivity index (χ0v) is 14.8. The van der Waals surface area contributed by atoms with E-state index in [1.54, 1.807) is 17.5 Å². The number of rotatable bonds is 6. The standard InChI is InChI=1S/C16H20N6OS/c1-11-13-12(10-24-11)19-14(20-15(13)21(2)3)16(23)17-6-4-8-22-9-5-7-18-22/h5,7,9-10H,4,6,8H2,1-3H3,(H,17,23). The molecule has 0 atom stereocenters. The summed E-state index contributed by atoms with van der Waals surface area (Å²) < 4.78 is 1.84. The highest BCUT2D eigenvalue weighted by Gasteiger charge is 2.17. The van der Waals surface area contributed by atoms with Crippen molar-refractivity contribution in [3.8, 4) is 0 Å². The Hall–Kier alpha value is -2.48. The second-order valence-electron chi connectivity index (χ2n) is 5.70. The minimum atomic E-state index is -0.246. The van der Waals surface area contributed by atoms with Gasteiger partial charge in [-0.2, -0.15) is 5.10 Å². The number of aryl methyl sites for hydroxylation is 2. The van der Waals surface area contributed by atoms with Crippen LogP contribution < -0.4 is 10.2 Å². The van der Waals surface area contributed by atoms with E-state index in [1.165, 1.54) is 0 Å². The SMILES string of the molecule is Cc1scc2nc(C(=O)NCCCn3cccn3)nc(N(C)C)c12. The third-order valence-corrected chi connectivity index (χ3v) is 4.55. The van der Waals surface area contributed by atoms with Crippen LogP contribution in [0.3, 0.4) is 0 Å². The maximum Gasteiger partial charge on any atom is 0.289 e. The molecule has 7 nitrogen and oxygen atoms in total. The van der Waals surface area contributed by atoms with E-state index in [9.17, 15) is 4.79 Å². The van der Waals surface area contributed by atoms with E-state index in [0.717, 1.165) is 34.6 Å². The first-order chi connectivity index (χ1) is 11.6. The van der Waals surface area contributed by atoms with E-state index in [-0.39, 0.29) is 11.7 Å². The van der Waals surface area contributed by atoms with Crippen molar-refractivity contribution in [2.24, 2.45) is 0 Å². The summed E-state index contributed by atoms with van der Waals surface area (Å²) in [5, 5.41) is 9.99. The van der Waals surface area contributed by atoms with Gasteiger partial charge in [-0.3, -0.25) is 9.48 Å². The Balaban J connectivity index is 1.70. The van der Waals surface area contributed by atoms with E-state index >= 15 is 0 Å². The third-order valence-electron chi connectivity index (χ3n) is 3.65. The van der Waals surface area contributed by atoms with Crippen LogP contribution in [0.4, 0.5) is 5.82 Å². The number of hydrogen-bond acceptors (Lipinski definition) is 6. The summed E-state index contributed by atoms with van der Waals surface area (Å²) >= 11 is 1.62. The van der Waals surface area contributed by atoms with E-state index in [0.29, 0.717) is 6.54 Å². The number of nitrogens with zero attached hydrogens (tertiary/aromatic N) is 5. The first-order valence-electron chi connectivity index (χ1n) is 7.75. The second kappa shape index (κ2) is 6.96. The number of carbonyl (C=O) groups is 1. The lowest BCUT2D eigenvalue weighted by molar-refractivity contribution is 0.0942. The van der Waals surface area contributed by atoms with E-state index in [1.807, 2.05) is 48.2 Å². The number of fused-ring (bicyclic) bond motifs is 1. The molecule has 0 saturated carbocycles. The number of thiophene rings is 1. The molecule has 0 aliphatic rings. The summed E-state index contributed by atoms with van der Waals surface area (Å²) in [7, 11) is 3.84. The lowest BCUT2D eigenvalue weighted by atomic mass is 10.2. The van der Waals surface area contributed by atoms with Crippen LogP contribution in [-0.4, -0.2) is 46.3 Å². The average molecular weight is 344 g/mol. The molecule has 3 aromatic rings. The molecule has 0 radical (unpaired) electrons. The molecule has 1 amide bonds. The van der Waals surface area contributed by atoms with Gasteiger partial charge in [0.05, 0.1) is 10.9 Å². The summed E-state index contributed by atoms with van der Waals surface area (Å²) in [6, 6.07) is 1.88. The van der Waals surface area contributed by atoms with Crippen molar-refractivity contribution in [3.05, 3.63) is 34.5 Å². The average Bonchev–Trinajstić information content (AvgIpc) is 3.20. The Morgan fingerprint density at radius 3 is 2.92 bits per heavy atom. The van der Waals surface area contributed by atoms with Crippen LogP contribution in [0.1, 0.15) is 21.9 Å². The first kappa shape index (κ1) is 16.4. The molecule has 3 rings (SSSR count). The van der Waals surface area contributed by atoms with E-state index in [2.05, 4.69) is 20.4 Å². The summed E-state index contributed by atoms with van der Waals surface area (Å²) in [6.07, 6.45) is 4.45. The number of carbonyl (C=O) groups excluding carboxylic acids is 1. The van der Waals surface area contributed by atoms with Gasteiger partial charge in [0.25, 0.3) is 5.91 Å². The fourth-order valence-electron chi connectivity index (χ4n) is 2.47. The minimum Gasteiger partial charge on any atom is -0.362 e. The van der Waals surface area contributed by atoms with Crippen LogP contribution in [0.2, 0.25) is 0 Å². The Morgan fingerprint density at radius 2 is 2.21 bits per heavy atom. The van der Waals surface area contributed by atoms with Gasteiger partial charge in [0.1, 0.15) is 5.82 Å². The molecule has 0 aliphatic heterocycles. The Bertz CT molecular complexity index is 840. The molecule has 0 saturated heterocycles. The normalized spacial score (nSPS) is 11.0. The molecule has 8 heteroatoms. The Morgan fingerprint density at radius 1 is 1.38 bits per heavy atom. The number of aromatic nitrogens is 4. The highest BCUT2D eigenvalue weighted by atomic mass is 32.1. The van der Waals surface area contributed by atoms with Crippen molar-refractivity contribution in [1.82, 2.24) is 25.1 Å². The molecule has 0 aliphatic carbocycles. The molecule has 3 heterocycles. The number of hydrogen-bond donors (Lipinski definition) is 1. The largest absolute Gasteiger partial charge is 0.362 e. The molecule has 0 fully saturated rings. The maximum absolute atomic E-state index is 12.4. The summed E-state index contributed by atoms with van der Waals surface area (Å²) in [5.41, 5.74) is 0.817. The number of anilines is 1. The van der Waals surface area contributed by atoms with Crippen LogP contribution in [0.25, 0.3) is 10.9 Å². The van der Waals surface area contributed by atoms with Crippen LogP contribution >= 0.6 is 11.3 Å². The third kappa shape index (κ3) is 3.38. The van der Waals surface area contributed by atoms with Gasteiger partial charge in [-0.05, 0) is 19.4 Å². The Labute approximate surface area is 144 Å². The zero-order valence-electron chi connectivity index (χ0n) is 14.0. The van der Waals surface area contributed by atoms with Crippen LogP contribution in [-0.2, 0) is 6.54 Å². The van der Waals surface area contributed by atoms with Crippen molar-refractivity contribution >= 4 is 34.0 Å². The van der Waals surface area contributed by atoms with Gasteiger partial charge in [0.15, 0.2) is 0 Å². The monoisotopic (exact) mass is 344 g/mol. The highest BCUT2D eigenvalue weighted by molar-refractivity contribution is 7.11. The zero-order chi connectivity index (χ0) is 17.1. The summed E-state index contributed by atoms with van der Waals surface area (Å²) in [4.78, 5) is 24.3. The lowest BCUT2D eigenvalue weighted by Gasteiger charge is -2.14. The van der Waals surface area contributed by atoms with Gasteiger partial charge in [-0.25, -0.2) is 9.97 Å². The summed E-state index contributed by atoms with van der Waals surface area (Å²) in [5.74, 6) is 0.743. The van der Waals surface area contributed by atoms with Crippen molar-refractivity contribution in [1.29, 1.82) is 0 Å². The van der Waals surface area contributed by atoms with Crippen molar-refractivity contribution in [2.75, 3.05) is 25.5 Å². The maximum atomic E-state index is 12.4. The molecule has 126 valence electrons. The fourth-order valence-corrected chi connectivity index (χ4v) is 3.24. The van der Waals surface area contributed by atoms with E-state index in [4.69, 9.17) is 0 Å². The summed E-state index contributed by atoms with van der Waals surface area (Å²) in [6.45, 7) is 3.36. The highest BCUT2D eigenvalue weighted by Crippen LogP contribution is 2.30. The van der Waals surface area contributed by atoms with Crippen molar-refractivity contribution in [3.63, 3.8) is 0 Å². The van der Waals surface area contributed by atoms with E-state index < -0.39 is 0 Å². The fraction of sp³-hybridized carbons (Fsp3) is 0.375. The Kier molecular flexibility index (Phi) is 4.75. The molecule has 24 heavy (non-hydrogen) atoms. The van der Waals surface area contributed by atoms with Crippen LogP contribution in [0, 0.1) is 6.92 Å². The lowest BCUT2D eigenvalue weighted by Crippen LogP contribution is -2.28. The molecular formula is C16H20N6OS. The molecule has 3 aromatic heterocycles. The first-order valence-corrected chi connectivity index (χ1v) is 8.63. The van der Waals surface area contributed by atoms with Crippen molar-refractivity contribution in [2.45, 2.75) is 19.9 Å². The smallest absolute Gasteiger partial charge is 0.289 e. The van der Waals surface area contributed by atoms with Gasteiger partial charge in [0, 0.05) is 49.8 Å².